The minimum atomic E-state index is -0.381. The Balaban J connectivity index is 2.60. The van der Waals surface area contributed by atoms with Crippen molar-refractivity contribution in [2.75, 3.05) is 7.05 Å². The highest BCUT2D eigenvalue weighted by atomic mass is 32.1. The number of rotatable bonds is 5. The molecule has 1 unspecified atom stereocenters. The molecule has 6 nitrogen and oxygen atoms in total. The fourth-order valence-corrected chi connectivity index (χ4v) is 1.96. The van der Waals surface area contributed by atoms with E-state index in [0.29, 0.717) is 18.0 Å². The van der Waals surface area contributed by atoms with Crippen LogP contribution in [-0.4, -0.2) is 28.9 Å². The van der Waals surface area contributed by atoms with E-state index in [0.717, 1.165) is 5.69 Å². The number of hydrogen-bond acceptors (Lipinski definition) is 6. The Bertz CT molecular complexity index is 425. The Morgan fingerprint density at radius 1 is 1.82 bits per heavy atom. The van der Waals surface area contributed by atoms with Crippen LogP contribution in [0, 0.1) is 11.3 Å². The van der Waals surface area contributed by atoms with Crippen molar-refractivity contribution in [2.45, 2.75) is 25.9 Å². The van der Waals surface area contributed by atoms with E-state index in [1.165, 1.54) is 11.3 Å². The Kier molecular flexibility index (Phi) is 5.03. The van der Waals surface area contributed by atoms with Gasteiger partial charge in [-0.1, -0.05) is 0 Å². The number of hydrogen-bond donors (Lipinski definition) is 2. The first-order valence-electron chi connectivity index (χ1n) is 5.11. The maximum Gasteiger partial charge on any atom is 0.294 e. The first-order chi connectivity index (χ1) is 8.08. The van der Waals surface area contributed by atoms with E-state index >= 15 is 0 Å². The maximum atomic E-state index is 11.2. The zero-order valence-electron chi connectivity index (χ0n) is 9.80. The average Bonchev–Trinajstić information content (AvgIpc) is 2.76. The molecule has 3 N–H and O–H groups in total. The van der Waals surface area contributed by atoms with Gasteiger partial charge < -0.3 is 0 Å². The zero-order valence-corrected chi connectivity index (χ0v) is 10.6. The molecular formula is C10H15N5OS. The standard InChI is InChI=1S/C10H15N5OS/c1-7(3-4-11)15(2)5-8-6-17-10(13-8)9(16)14-12/h6-7H,3,5,12H2,1-2H3,(H,14,16). The van der Waals surface area contributed by atoms with Gasteiger partial charge in [0.15, 0.2) is 5.01 Å². The number of nitrogens with two attached hydrogens (primary N) is 1. The molecule has 1 rings (SSSR count). The number of hydrazine groups is 1. The number of nitrogen functional groups attached to an aromatic ring is 1. The molecule has 1 amide bonds. The molecule has 0 aliphatic carbocycles. The molecule has 92 valence electrons. The molecule has 0 saturated carbocycles. The summed E-state index contributed by atoms with van der Waals surface area (Å²) in [5, 5.41) is 10.8. The molecule has 1 aromatic rings. The van der Waals surface area contributed by atoms with Crippen LogP contribution >= 0.6 is 11.3 Å². The summed E-state index contributed by atoms with van der Waals surface area (Å²) in [6.07, 6.45) is 0.469. The van der Waals surface area contributed by atoms with Crippen LogP contribution in [0.3, 0.4) is 0 Å². The van der Waals surface area contributed by atoms with Crippen molar-refractivity contribution in [2.24, 2.45) is 5.84 Å². The minimum absolute atomic E-state index is 0.161. The number of thiazole rings is 1. The molecule has 0 saturated heterocycles. The molecule has 0 aliphatic rings. The van der Waals surface area contributed by atoms with Crippen molar-refractivity contribution in [1.29, 1.82) is 5.26 Å². The number of amides is 1. The van der Waals surface area contributed by atoms with Crippen molar-refractivity contribution < 1.29 is 4.79 Å². The smallest absolute Gasteiger partial charge is 0.294 e. The van der Waals surface area contributed by atoms with E-state index < -0.39 is 0 Å². The molecule has 1 atom stereocenters. The SMILES string of the molecule is CC(CC#N)N(C)Cc1csc(C(=O)NN)n1. The van der Waals surface area contributed by atoms with E-state index in [9.17, 15) is 4.79 Å². The van der Waals surface area contributed by atoms with Gasteiger partial charge in [-0.3, -0.25) is 15.1 Å². The summed E-state index contributed by atoms with van der Waals surface area (Å²) < 4.78 is 0. The fraction of sp³-hybridized carbons (Fsp3) is 0.500. The fourth-order valence-electron chi connectivity index (χ4n) is 1.24. The highest BCUT2D eigenvalue weighted by Gasteiger charge is 2.13. The normalized spacial score (nSPS) is 12.2. The lowest BCUT2D eigenvalue weighted by Gasteiger charge is -2.21. The van der Waals surface area contributed by atoms with Gasteiger partial charge in [-0.05, 0) is 14.0 Å². The quantitative estimate of drug-likeness (QED) is 0.452. The molecule has 0 aromatic carbocycles. The number of nitrogens with zero attached hydrogens (tertiary/aromatic N) is 3. The van der Waals surface area contributed by atoms with Crippen LogP contribution in [0.25, 0.3) is 0 Å². The van der Waals surface area contributed by atoms with Crippen LogP contribution in [0.15, 0.2) is 5.38 Å². The number of carbonyl (C=O) groups excluding carboxylic acids is 1. The van der Waals surface area contributed by atoms with Gasteiger partial charge in [0.1, 0.15) is 0 Å². The molecular weight excluding hydrogens is 238 g/mol. The van der Waals surface area contributed by atoms with Crippen LogP contribution < -0.4 is 11.3 Å². The third kappa shape index (κ3) is 3.78. The molecule has 1 aromatic heterocycles. The van der Waals surface area contributed by atoms with Crippen molar-refractivity contribution in [3.8, 4) is 6.07 Å². The van der Waals surface area contributed by atoms with E-state index in [1.807, 2.05) is 29.7 Å². The van der Waals surface area contributed by atoms with Gasteiger partial charge in [0.2, 0.25) is 0 Å². The summed E-state index contributed by atoms with van der Waals surface area (Å²) in [4.78, 5) is 17.4. The molecule has 7 heteroatoms. The number of carbonyl (C=O) groups is 1. The summed E-state index contributed by atoms with van der Waals surface area (Å²) in [5.74, 6) is 4.64. The highest BCUT2D eigenvalue weighted by molar-refractivity contribution is 7.11. The van der Waals surface area contributed by atoms with Gasteiger partial charge >= 0.3 is 0 Å². The Morgan fingerprint density at radius 2 is 2.53 bits per heavy atom. The third-order valence-electron chi connectivity index (χ3n) is 2.43. The summed E-state index contributed by atoms with van der Waals surface area (Å²) in [7, 11) is 1.92. The Morgan fingerprint density at radius 3 is 3.12 bits per heavy atom. The lowest BCUT2D eigenvalue weighted by molar-refractivity contribution is 0.0953. The monoisotopic (exact) mass is 253 g/mol. The van der Waals surface area contributed by atoms with Crippen molar-refractivity contribution >= 4 is 17.2 Å². The summed E-state index contributed by atoms with van der Waals surface area (Å²) >= 11 is 1.25. The van der Waals surface area contributed by atoms with Gasteiger partial charge in [0.25, 0.3) is 5.91 Å². The zero-order chi connectivity index (χ0) is 12.8. The second-order valence-electron chi connectivity index (χ2n) is 3.74. The number of nitrogens with one attached hydrogen (secondary N) is 1. The maximum absolute atomic E-state index is 11.2. The Labute approximate surface area is 104 Å². The molecule has 0 spiro atoms. The minimum Gasteiger partial charge on any atom is -0.297 e. The van der Waals surface area contributed by atoms with Crippen LogP contribution in [0.5, 0.6) is 0 Å². The molecule has 0 bridgehead atoms. The third-order valence-corrected chi connectivity index (χ3v) is 3.32. The van der Waals surface area contributed by atoms with Crippen LogP contribution in [-0.2, 0) is 6.54 Å². The lowest BCUT2D eigenvalue weighted by atomic mass is 10.2. The predicted octanol–water partition coefficient (Wildman–Crippen LogP) is 0.481. The summed E-state index contributed by atoms with van der Waals surface area (Å²) in [6, 6.07) is 2.29. The molecule has 1 heterocycles. The van der Waals surface area contributed by atoms with E-state index in [-0.39, 0.29) is 11.9 Å². The second-order valence-corrected chi connectivity index (χ2v) is 4.60. The highest BCUT2D eigenvalue weighted by Crippen LogP contribution is 2.12. The van der Waals surface area contributed by atoms with E-state index in [2.05, 4.69) is 11.1 Å². The lowest BCUT2D eigenvalue weighted by Crippen LogP contribution is -2.30. The Hall–Kier alpha value is -1.49. The van der Waals surface area contributed by atoms with Gasteiger partial charge in [-0.25, -0.2) is 10.8 Å². The van der Waals surface area contributed by atoms with Gasteiger partial charge in [-0.15, -0.1) is 11.3 Å². The molecule has 17 heavy (non-hydrogen) atoms. The van der Waals surface area contributed by atoms with Crippen LogP contribution in [0.2, 0.25) is 0 Å². The van der Waals surface area contributed by atoms with Gasteiger partial charge in [0, 0.05) is 18.0 Å². The van der Waals surface area contributed by atoms with Gasteiger partial charge in [0.05, 0.1) is 18.2 Å². The number of aromatic nitrogens is 1. The first kappa shape index (κ1) is 13.6. The van der Waals surface area contributed by atoms with E-state index in [1.54, 1.807) is 0 Å². The average molecular weight is 253 g/mol. The van der Waals surface area contributed by atoms with E-state index in [4.69, 9.17) is 11.1 Å². The first-order valence-corrected chi connectivity index (χ1v) is 5.99. The van der Waals surface area contributed by atoms with Crippen molar-refractivity contribution in [3.05, 3.63) is 16.1 Å². The summed E-state index contributed by atoms with van der Waals surface area (Å²) in [6.45, 7) is 2.58. The summed E-state index contributed by atoms with van der Waals surface area (Å²) in [5.41, 5.74) is 2.85. The molecule has 0 aliphatic heterocycles. The van der Waals surface area contributed by atoms with Crippen molar-refractivity contribution in [1.82, 2.24) is 15.3 Å². The van der Waals surface area contributed by atoms with Gasteiger partial charge in [-0.2, -0.15) is 5.26 Å². The largest absolute Gasteiger partial charge is 0.297 e. The molecule has 0 fully saturated rings. The molecule has 0 radical (unpaired) electrons. The second kappa shape index (κ2) is 6.30. The number of nitriles is 1. The van der Waals surface area contributed by atoms with Crippen LogP contribution in [0.4, 0.5) is 0 Å². The predicted molar refractivity (Wildman–Crippen MR) is 64.9 cm³/mol. The van der Waals surface area contributed by atoms with Crippen molar-refractivity contribution in [3.63, 3.8) is 0 Å². The topological polar surface area (TPSA) is 95.0 Å². The van der Waals surface area contributed by atoms with Crippen LogP contribution in [0.1, 0.15) is 28.8 Å².